The summed E-state index contributed by atoms with van der Waals surface area (Å²) in [5, 5.41) is 4.55. The molecule has 3 N–H and O–H groups in total. The minimum Gasteiger partial charge on any atom is -0.351 e. The van der Waals surface area contributed by atoms with Crippen LogP contribution >= 0.6 is 23.2 Å². The molecule has 0 radical (unpaired) electrons. The summed E-state index contributed by atoms with van der Waals surface area (Å²) in [5.41, 5.74) is 7.64. The van der Waals surface area contributed by atoms with Crippen LogP contribution in [-0.4, -0.2) is 30.8 Å². The first-order valence-corrected chi connectivity index (χ1v) is 12.8. The predicted molar refractivity (Wildman–Crippen MR) is 144 cm³/mol. The van der Waals surface area contributed by atoms with Gasteiger partial charge in [-0.1, -0.05) is 72.4 Å². The fraction of sp³-hybridized carbons (Fsp3) is 0.346. The summed E-state index contributed by atoms with van der Waals surface area (Å²) in [5.74, 6) is 0.495. The van der Waals surface area contributed by atoms with Crippen LogP contribution in [0.25, 0.3) is 11.2 Å². The van der Waals surface area contributed by atoms with Gasteiger partial charge in [-0.15, -0.1) is 0 Å². The summed E-state index contributed by atoms with van der Waals surface area (Å²) in [6, 6.07) is 14.7. The Kier molecular flexibility index (Phi) is 6.92. The van der Waals surface area contributed by atoms with Gasteiger partial charge in [-0.05, 0) is 36.1 Å². The Balaban J connectivity index is 1.70. The molecular formula is C26H28Cl2N6O2. The van der Waals surface area contributed by atoms with Gasteiger partial charge in [0.2, 0.25) is 5.95 Å². The second-order valence-electron chi connectivity index (χ2n) is 9.31. The van der Waals surface area contributed by atoms with Crippen molar-refractivity contribution in [1.82, 2.24) is 18.7 Å². The number of aryl methyl sites for hydroxylation is 1. The molecule has 1 aliphatic carbocycles. The Labute approximate surface area is 218 Å². The lowest BCUT2D eigenvalue weighted by Crippen LogP contribution is -2.43. The number of nitrogens with zero attached hydrogens (tertiary/aromatic N) is 4. The van der Waals surface area contributed by atoms with Gasteiger partial charge in [-0.3, -0.25) is 18.5 Å². The van der Waals surface area contributed by atoms with Crippen LogP contribution in [0.2, 0.25) is 10.0 Å². The van der Waals surface area contributed by atoms with E-state index in [9.17, 15) is 9.59 Å². The fourth-order valence-corrected chi connectivity index (χ4v) is 5.26. The maximum atomic E-state index is 13.8. The Morgan fingerprint density at radius 2 is 1.53 bits per heavy atom. The summed E-state index contributed by atoms with van der Waals surface area (Å²) in [6.45, 7) is 0.356. The maximum Gasteiger partial charge on any atom is 0.332 e. The smallest absolute Gasteiger partial charge is 0.332 e. The lowest BCUT2D eigenvalue weighted by molar-refractivity contribution is 0.401. The van der Waals surface area contributed by atoms with E-state index in [2.05, 4.69) is 5.32 Å². The van der Waals surface area contributed by atoms with Crippen LogP contribution in [0, 0.1) is 0 Å². The summed E-state index contributed by atoms with van der Waals surface area (Å²) in [7, 11) is 1.62. The maximum absolute atomic E-state index is 13.8. The first-order chi connectivity index (χ1) is 17.3. The molecule has 0 bridgehead atoms. The van der Waals surface area contributed by atoms with Crippen molar-refractivity contribution >= 4 is 40.3 Å². The fourth-order valence-electron chi connectivity index (χ4n) is 4.87. The van der Waals surface area contributed by atoms with E-state index in [1.165, 1.54) is 9.13 Å². The zero-order valence-electron chi connectivity index (χ0n) is 20.0. The second kappa shape index (κ2) is 10.1. The highest BCUT2D eigenvalue weighted by atomic mass is 35.5. The zero-order valence-corrected chi connectivity index (χ0v) is 21.5. The van der Waals surface area contributed by atoms with Crippen molar-refractivity contribution in [3.8, 4) is 0 Å². The molecule has 2 atom stereocenters. The van der Waals surface area contributed by atoms with Crippen LogP contribution in [0.4, 0.5) is 5.95 Å². The van der Waals surface area contributed by atoms with Crippen molar-refractivity contribution in [2.24, 2.45) is 12.8 Å². The third kappa shape index (κ3) is 4.56. The number of rotatable bonds is 6. The number of aromatic nitrogens is 4. The molecule has 2 aromatic heterocycles. The largest absolute Gasteiger partial charge is 0.351 e. The molecule has 0 aliphatic heterocycles. The molecular weight excluding hydrogens is 499 g/mol. The van der Waals surface area contributed by atoms with E-state index in [1.807, 2.05) is 41.0 Å². The molecule has 10 heteroatoms. The number of fused-ring (bicyclic) bond motifs is 1. The van der Waals surface area contributed by atoms with Gasteiger partial charge in [0.15, 0.2) is 11.2 Å². The van der Waals surface area contributed by atoms with E-state index < -0.39 is 11.2 Å². The zero-order chi connectivity index (χ0) is 25.4. The van der Waals surface area contributed by atoms with Crippen molar-refractivity contribution in [2.75, 3.05) is 5.32 Å². The minimum atomic E-state index is -0.462. The van der Waals surface area contributed by atoms with Crippen LogP contribution in [-0.2, 0) is 20.1 Å². The van der Waals surface area contributed by atoms with Crippen molar-refractivity contribution in [3.05, 3.63) is 90.5 Å². The molecule has 1 saturated carbocycles. The molecule has 4 aromatic rings. The van der Waals surface area contributed by atoms with Crippen molar-refractivity contribution in [2.45, 2.75) is 50.9 Å². The molecule has 188 valence electrons. The summed E-state index contributed by atoms with van der Waals surface area (Å²) < 4.78 is 4.41. The molecule has 2 heterocycles. The van der Waals surface area contributed by atoms with E-state index in [4.69, 9.17) is 33.9 Å². The third-order valence-corrected chi connectivity index (χ3v) is 7.68. The highest BCUT2D eigenvalue weighted by Crippen LogP contribution is 2.26. The van der Waals surface area contributed by atoms with Gasteiger partial charge < -0.3 is 11.1 Å². The Hall–Kier alpha value is -3.07. The number of anilines is 1. The molecule has 2 aromatic carbocycles. The van der Waals surface area contributed by atoms with Gasteiger partial charge in [0.1, 0.15) is 0 Å². The average Bonchev–Trinajstić information content (AvgIpc) is 3.22. The summed E-state index contributed by atoms with van der Waals surface area (Å²) in [4.78, 5) is 31.8. The molecule has 36 heavy (non-hydrogen) atoms. The lowest BCUT2D eigenvalue weighted by Gasteiger charge is -2.29. The van der Waals surface area contributed by atoms with E-state index in [0.29, 0.717) is 39.3 Å². The standard InChI is InChI=1S/C26H28Cl2N6O2/c1-32-23-22(24(35)34(26(32)36)15-17-9-3-5-11-19(17)28)33(14-16-8-2-4-10-18(16)27)25(31-23)30-21-13-7-6-12-20(21)29/h2-5,8-11,20-21H,6-7,12-15,29H2,1H3,(H,30,31)/t20-,21+/m0/s1. The third-order valence-electron chi connectivity index (χ3n) is 6.94. The van der Waals surface area contributed by atoms with Gasteiger partial charge in [0.25, 0.3) is 5.56 Å². The highest BCUT2D eigenvalue weighted by molar-refractivity contribution is 6.31. The molecule has 1 aliphatic rings. The van der Waals surface area contributed by atoms with E-state index in [-0.39, 0.29) is 18.6 Å². The van der Waals surface area contributed by atoms with Crippen LogP contribution in [0.1, 0.15) is 36.8 Å². The topological polar surface area (TPSA) is 99.9 Å². The SMILES string of the molecule is Cn1c(=O)n(Cc2ccccc2Cl)c(=O)c2c1nc(N[C@@H]1CCCC[C@@H]1N)n2Cc1ccccc1Cl. The van der Waals surface area contributed by atoms with Crippen molar-refractivity contribution in [1.29, 1.82) is 0 Å². The quantitative estimate of drug-likeness (QED) is 0.395. The van der Waals surface area contributed by atoms with Crippen LogP contribution in [0.3, 0.4) is 0 Å². The molecule has 1 fully saturated rings. The number of benzene rings is 2. The molecule has 8 nitrogen and oxygen atoms in total. The van der Waals surface area contributed by atoms with Gasteiger partial charge in [-0.25, -0.2) is 4.79 Å². The van der Waals surface area contributed by atoms with Gasteiger partial charge in [-0.2, -0.15) is 4.98 Å². The van der Waals surface area contributed by atoms with Crippen molar-refractivity contribution < 1.29 is 0 Å². The van der Waals surface area contributed by atoms with E-state index >= 15 is 0 Å². The first kappa shape index (κ1) is 24.6. The highest BCUT2D eigenvalue weighted by Gasteiger charge is 2.26. The van der Waals surface area contributed by atoms with E-state index in [0.717, 1.165) is 31.2 Å². The molecule has 0 spiro atoms. The second-order valence-corrected chi connectivity index (χ2v) is 10.1. The average molecular weight is 527 g/mol. The molecule has 5 rings (SSSR count). The Morgan fingerprint density at radius 1 is 0.944 bits per heavy atom. The normalized spacial score (nSPS) is 18.0. The number of imidazole rings is 1. The van der Waals surface area contributed by atoms with Crippen LogP contribution in [0.5, 0.6) is 0 Å². The van der Waals surface area contributed by atoms with Gasteiger partial charge in [0.05, 0.1) is 13.1 Å². The molecule has 0 amide bonds. The first-order valence-electron chi connectivity index (χ1n) is 12.0. The monoisotopic (exact) mass is 526 g/mol. The Morgan fingerprint density at radius 3 is 2.14 bits per heavy atom. The number of hydrogen-bond donors (Lipinski definition) is 2. The number of nitrogens with one attached hydrogen (secondary N) is 1. The van der Waals surface area contributed by atoms with Crippen LogP contribution < -0.4 is 22.3 Å². The number of nitrogens with two attached hydrogens (primary N) is 1. The minimum absolute atomic E-state index is 0.0166. The summed E-state index contributed by atoms with van der Waals surface area (Å²) >= 11 is 12.8. The number of hydrogen-bond acceptors (Lipinski definition) is 5. The molecule has 0 saturated heterocycles. The van der Waals surface area contributed by atoms with Gasteiger partial charge in [0, 0.05) is 29.2 Å². The summed E-state index contributed by atoms with van der Waals surface area (Å²) in [6.07, 6.45) is 3.99. The predicted octanol–water partition coefficient (Wildman–Crippen LogP) is 3.98. The lowest BCUT2D eigenvalue weighted by atomic mass is 9.91. The van der Waals surface area contributed by atoms with Crippen molar-refractivity contribution in [3.63, 3.8) is 0 Å². The Bertz CT molecular complexity index is 1540. The van der Waals surface area contributed by atoms with Crippen LogP contribution in [0.15, 0.2) is 58.1 Å². The van der Waals surface area contributed by atoms with E-state index in [1.54, 1.807) is 19.2 Å². The molecule has 0 unspecified atom stereocenters. The van der Waals surface area contributed by atoms with Gasteiger partial charge >= 0.3 is 5.69 Å². The number of halogens is 2.